The van der Waals surface area contributed by atoms with Crippen LogP contribution in [0.2, 0.25) is 0 Å². The molecule has 1 N–H and O–H groups in total. The Morgan fingerprint density at radius 3 is 2.77 bits per heavy atom. The number of fused-ring (bicyclic) bond motifs is 1. The van der Waals surface area contributed by atoms with E-state index < -0.39 is 0 Å². The third-order valence-electron chi connectivity index (χ3n) is 7.57. The number of aromatic nitrogens is 1. The first kappa shape index (κ1) is 22.0. The van der Waals surface area contributed by atoms with Crippen molar-refractivity contribution in [2.45, 2.75) is 40.3 Å². The second kappa shape index (κ2) is 9.54. The lowest BCUT2D eigenvalue weighted by Crippen LogP contribution is -2.53. The van der Waals surface area contributed by atoms with Gasteiger partial charge in [0.2, 0.25) is 0 Å². The largest absolute Gasteiger partial charge is 0.512 e. The van der Waals surface area contributed by atoms with Crippen molar-refractivity contribution in [3.05, 3.63) is 66.1 Å². The maximum atomic E-state index is 10.1. The smallest absolute Gasteiger partial charge is 0.0956 e. The molecule has 0 radical (unpaired) electrons. The molecule has 1 saturated heterocycles. The van der Waals surface area contributed by atoms with Crippen LogP contribution in [0.3, 0.4) is 0 Å². The Bertz CT molecular complexity index is 952. The van der Waals surface area contributed by atoms with E-state index in [1.54, 1.807) is 0 Å². The molecule has 1 aliphatic heterocycles. The zero-order chi connectivity index (χ0) is 22.0. The molecule has 0 spiro atoms. The van der Waals surface area contributed by atoms with Crippen molar-refractivity contribution < 1.29 is 5.11 Å². The van der Waals surface area contributed by atoms with Crippen molar-refractivity contribution in [2.24, 2.45) is 23.7 Å². The molecule has 2 heterocycles. The summed E-state index contributed by atoms with van der Waals surface area (Å²) in [6.45, 7) is 14.6. The van der Waals surface area contributed by atoms with Crippen molar-refractivity contribution in [3.8, 4) is 0 Å². The van der Waals surface area contributed by atoms with E-state index in [4.69, 9.17) is 0 Å². The fraction of sp³-hybridized carbons (Fsp3) is 0.519. The Balaban J connectivity index is 1.31. The third-order valence-corrected chi connectivity index (χ3v) is 7.57. The monoisotopic (exact) mass is 419 g/mol. The molecule has 1 fully saturated rings. The topological polar surface area (TPSA) is 39.6 Å². The molecule has 4 unspecified atom stereocenters. The summed E-state index contributed by atoms with van der Waals surface area (Å²) in [5, 5.41) is 11.4. The van der Waals surface area contributed by atoms with Crippen molar-refractivity contribution >= 4 is 10.9 Å². The Hall–Kier alpha value is -2.17. The number of pyridine rings is 1. The third kappa shape index (κ3) is 5.02. The molecule has 0 bridgehead atoms. The zero-order valence-electron chi connectivity index (χ0n) is 19.4. The molecule has 166 valence electrons. The summed E-state index contributed by atoms with van der Waals surface area (Å²) in [5.74, 6) is 2.28. The molecular formula is C27H37N3O. The highest BCUT2D eigenvalue weighted by atomic mass is 16.3. The molecule has 0 saturated carbocycles. The van der Waals surface area contributed by atoms with Gasteiger partial charge in [-0.1, -0.05) is 51.1 Å². The number of hydrogen-bond donors (Lipinski definition) is 1. The van der Waals surface area contributed by atoms with Crippen molar-refractivity contribution in [2.75, 3.05) is 26.2 Å². The van der Waals surface area contributed by atoms with Crippen LogP contribution in [0.5, 0.6) is 0 Å². The Kier molecular flexibility index (Phi) is 6.78. The van der Waals surface area contributed by atoms with E-state index in [0.29, 0.717) is 29.6 Å². The lowest BCUT2D eigenvalue weighted by molar-refractivity contribution is 0.0551. The second-order valence-corrected chi connectivity index (χ2v) is 9.79. The van der Waals surface area contributed by atoms with E-state index in [0.717, 1.165) is 38.2 Å². The molecule has 1 aromatic carbocycles. The Labute approximate surface area is 187 Å². The van der Waals surface area contributed by atoms with Gasteiger partial charge in [0.15, 0.2) is 0 Å². The van der Waals surface area contributed by atoms with Gasteiger partial charge in [-0.05, 0) is 48.4 Å². The molecule has 2 aromatic rings. The fourth-order valence-electron chi connectivity index (χ4n) is 5.29. The molecular weight excluding hydrogens is 382 g/mol. The lowest BCUT2D eigenvalue weighted by atomic mass is 9.74. The molecule has 1 aliphatic carbocycles. The van der Waals surface area contributed by atoms with Gasteiger partial charge < -0.3 is 5.11 Å². The minimum atomic E-state index is 0.215. The van der Waals surface area contributed by atoms with Gasteiger partial charge in [-0.15, -0.1) is 0 Å². The van der Waals surface area contributed by atoms with E-state index in [1.165, 1.54) is 10.9 Å². The summed E-state index contributed by atoms with van der Waals surface area (Å²) in [6, 6.07) is 11.2. The average Bonchev–Trinajstić information content (AvgIpc) is 2.77. The number of nitrogens with zero attached hydrogens (tertiary/aromatic N) is 3. The minimum Gasteiger partial charge on any atom is -0.512 e. The molecule has 4 nitrogen and oxygen atoms in total. The summed E-state index contributed by atoms with van der Waals surface area (Å²) in [7, 11) is 0. The molecule has 5 atom stereocenters. The first-order chi connectivity index (χ1) is 14.9. The number of hydrogen-bond acceptors (Lipinski definition) is 4. The number of benzene rings is 1. The first-order valence-electron chi connectivity index (χ1n) is 11.8. The van der Waals surface area contributed by atoms with E-state index >= 15 is 0 Å². The van der Waals surface area contributed by atoms with E-state index in [9.17, 15) is 5.11 Å². The molecule has 0 amide bonds. The van der Waals surface area contributed by atoms with Gasteiger partial charge in [-0.25, -0.2) is 0 Å². The maximum absolute atomic E-state index is 10.1. The molecule has 4 rings (SSSR count). The van der Waals surface area contributed by atoms with E-state index in [1.807, 2.05) is 24.4 Å². The number of rotatable bonds is 6. The first-order valence-corrected chi connectivity index (χ1v) is 11.8. The summed E-state index contributed by atoms with van der Waals surface area (Å²) in [4.78, 5) is 9.85. The van der Waals surface area contributed by atoms with Crippen molar-refractivity contribution in [1.82, 2.24) is 14.8 Å². The van der Waals surface area contributed by atoms with Gasteiger partial charge >= 0.3 is 0 Å². The van der Waals surface area contributed by atoms with Gasteiger partial charge in [-0.3, -0.25) is 14.8 Å². The van der Waals surface area contributed by atoms with Crippen molar-refractivity contribution in [3.63, 3.8) is 0 Å². The molecule has 2 aliphatic rings. The van der Waals surface area contributed by atoms with Crippen LogP contribution >= 0.6 is 0 Å². The summed E-state index contributed by atoms with van der Waals surface area (Å²) < 4.78 is 0. The number of para-hydroxylation sites is 1. The molecule has 4 heteroatoms. The number of aliphatic hydroxyl groups is 1. The van der Waals surface area contributed by atoms with Crippen LogP contribution < -0.4 is 0 Å². The highest BCUT2D eigenvalue weighted by Crippen LogP contribution is 2.34. The van der Waals surface area contributed by atoms with Crippen molar-refractivity contribution in [1.29, 1.82) is 0 Å². The number of piperazine rings is 1. The van der Waals surface area contributed by atoms with Crippen LogP contribution in [-0.2, 0) is 6.54 Å². The highest BCUT2D eigenvalue weighted by Gasteiger charge is 2.32. The highest BCUT2D eigenvalue weighted by molar-refractivity contribution is 5.78. The fourth-order valence-corrected chi connectivity index (χ4v) is 5.29. The standard InChI is InChI=1S/C27H37N3O/c1-19(21(3)25-9-7-11-27(31)22(25)4)16-30-13-12-29(17-20(30)2)18-23-14-24-8-5-6-10-26(24)28-15-23/h5-11,14-15,19-22,25,31H,12-13,16-18H2,1-4H3/t19?,20?,21-,22?,25?/m0/s1. The summed E-state index contributed by atoms with van der Waals surface area (Å²) >= 11 is 0. The normalized spacial score (nSPS) is 27.2. The van der Waals surface area contributed by atoms with Crippen LogP contribution in [0, 0.1) is 23.7 Å². The predicted octanol–water partition coefficient (Wildman–Crippen LogP) is 5.28. The zero-order valence-corrected chi connectivity index (χ0v) is 19.4. The van der Waals surface area contributed by atoms with Gasteiger partial charge in [0.1, 0.15) is 0 Å². The molecule has 31 heavy (non-hydrogen) atoms. The SMILES string of the molecule is CC1C(O)=CC=CC1[C@@H](C)C(C)CN1CCN(Cc2cnc3ccccc3c2)CC1C. The summed E-state index contributed by atoms with van der Waals surface area (Å²) in [6.07, 6.45) is 8.17. The minimum absolute atomic E-state index is 0.215. The maximum Gasteiger partial charge on any atom is 0.0956 e. The van der Waals surface area contributed by atoms with Crippen LogP contribution in [0.25, 0.3) is 10.9 Å². The van der Waals surface area contributed by atoms with E-state index in [2.05, 4.69) is 72.8 Å². The van der Waals surface area contributed by atoms with Crippen LogP contribution in [0.15, 0.2) is 60.5 Å². The quantitative estimate of drug-likeness (QED) is 0.692. The lowest BCUT2D eigenvalue weighted by Gasteiger charge is -2.42. The second-order valence-electron chi connectivity index (χ2n) is 9.79. The van der Waals surface area contributed by atoms with Gasteiger partial charge in [0.05, 0.1) is 11.3 Å². The number of aliphatic hydroxyl groups excluding tert-OH is 1. The van der Waals surface area contributed by atoms with Crippen LogP contribution in [-0.4, -0.2) is 52.1 Å². The van der Waals surface area contributed by atoms with Gasteiger partial charge in [0, 0.05) is 56.3 Å². The Morgan fingerprint density at radius 1 is 1.16 bits per heavy atom. The number of allylic oxidation sites excluding steroid dienone is 4. The molecule has 1 aromatic heterocycles. The predicted molar refractivity (Wildman–Crippen MR) is 129 cm³/mol. The van der Waals surface area contributed by atoms with E-state index in [-0.39, 0.29) is 5.92 Å². The van der Waals surface area contributed by atoms with Gasteiger partial charge in [-0.2, -0.15) is 0 Å². The average molecular weight is 420 g/mol. The summed E-state index contributed by atoms with van der Waals surface area (Å²) in [5.41, 5.74) is 2.37. The van der Waals surface area contributed by atoms with Crippen LogP contribution in [0.4, 0.5) is 0 Å². The Morgan fingerprint density at radius 2 is 1.97 bits per heavy atom. The van der Waals surface area contributed by atoms with Gasteiger partial charge in [0.25, 0.3) is 0 Å². The van der Waals surface area contributed by atoms with Crippen LogP contribution in [0.1, 0.15) is 33.3 Å².